The van der Waals surface area contributed by atoms with E-state index in [-0.39, 0.29) is 6.03 Å². The zero-order valence-corrected chi connectivity index (χ0v) is 15.3. The molecule has 2 rings (SSSR count). The molecule has 1 N–H and O–H groups in total. The van der Waals surface area contributed by atoms with Crippen molar-refractivity contribution in [2.75, 3.05) is 12.4 Å². The molecule has 0 aliphatic rings. The molecule has 3 heteroatoms. The fourth-order valence-electron chi connectivity index (χ4n) is 2.83. The molecule has 2 amide bonds. The lowest BCUT2D eigenvalue weighted by molar-refractivity contribution is 0.220. The standard InChI is InChI=1S/C21H28N2O/c1-15(2)18-12-9-13-19(16(3)4)20(18)22-21(24)23(5)14-17-10-7-6-8-11-17/h6-13,15-16H,14H2,1-5H3,(H,22,24). The third-order valence-electron chi connectivity index (χ3n) is 4.21. The molecule has 24 heavy (non-hydrogen) atoms. The first-order chi connectivity index (χ1) is 11.4. The number of amides is 2. The van der Waals surface area contributed by atoms with Crippen LogP contribution >= 0.6 is 0 Å². The average Bonchev–Trinajstić information content (AvgIpc) is 2.55. The summed E-state index contributed by atoms with van der Waals surface area (Å²) in [5.74, 6) is 0.719. The second-order valence-corrected chi connectivity index (χ2v) is 6.89. The van der Waals surface area contributed by atoms with Gasteiger partial charge in [-0.05, 0) is 28.5 Å². The van der Waals surface area contributed by atoms with Gasteiger partial charge < -0.3 is 10.2 Å². The summed E-state index contributed by atoms with van der Waals surface area (Å²) in [4.78, 5) is 14.4. The van der Waals surface area contributed by atoms with E-state index in [9.17, 15) is 4.79 Å². The topological polar surface area (TPSA) is 32.3 Å². The van der Waals surface area contributed by atoms with E-state index in [4.69, 9.17) is 0 Å². The monoisotopic (exact) mass is 324 g/mol. The van der Waals surface area contributed by atoms with E-state index < -0.39 is 0 Å². The first-order valence-electron chi connectivity index (χ1n) is 8.59. The van der Waals surface area contributed by atoms with Crippen molar-refractivity contribution in [1.82, 2.24) is 4.90 Å². The van der Waals surface area contributed by atoms with Crippen molar-refractivity contribution < 1.29 is 4.79 Å². The molecule has 0 unspecified atom stereocenters. The Morgan fingerprint density at radius 3 is 1.96 bits per heavy atom. The Labute approximate surface area is 145 Å². The van der Waals surface area contributed by atoms with Gasteiger partial charge in [0.05, 0.1) is 0 Å². The maximum absolute atomic E-state index is 12.7. The van der Waals surface area contributed by atoms with Gasteiger partial charge in [-0.1, -0.05) is 76.2 Å². The molecular weight excluding hydrogens is 296 g/mol. The summed E-state index contributed by atoms with van der Waals surface area (Å²) in [7, 11) is 1.83. The van der Waals surface area contributed by atoms with Gasteiger partial charge in [0.1, 0.15) is 0 Å². The van der Waals surface area contributed by atoms with Gasteiger partial charge in [-0.3, -0.25) is 0 Å². The largest absolute Gasteiger partial charge is 0.323 e. The number of carbonyl (C=O) groups is 1. The van der Waals surface area contributed by atoms with Crippen LogP contribution in [-0.2, 0) is 6.54 Å². The number of rotatable bonds is 5. The van der Waals surface area contributed by atoms with Crippen LogP contribution in [0.5, 0.6) is 0 Å². The van der Waals surface area contributed by atoms with Gasteiger partial charge in [-0.25, -0.2) is 4.79 Å². The van der Waals surface area contributed by atoms with Crippen molar-refractivity contribution in [3.05, 3.63) is 65.2 Å². The molecule has 0 bridgehead atoms. The maximum atomic E-state index is 12.7. The lowest BCUT2D eigenvalue weighted by Crippen LogP contribution is -2.31. The highest BCUT2D eigenvalue weighted by molar-refractivity contribution is 5.91. The third-order valence-corrected chi connectivity index (χ3v) is 4.21. The molecule has 0 aliphatic heterocycles. The van der Waals surface area contributed by atoms with Crippen LogP contribution in [0.4, 0.5) is 10.5 Å². The van der Waals surface area contributed by atoms with E-state index in [1.807, 2.05) is 37.4 Å². The van der Waals surface area contributed by atoms with Crippen LogP contribution < -0.4 is 5.32 Å². The van der Waals surface area contributed by atoms with Crippen molar-refractivity contribution in [1.29, 1.82) is 0 Å². The fraction of sp³-hybridized carbons (Fsp3) is 0.381. The smallest absolute Gasteiger partial charge is 0.321 e. The van der Waals surface area contributed by atoms with Crippen LogP contribution in [0.3, 0.4) is 0 Å². The molecule has 3 nitrogen and oxygen atoms in total. The Morgan fingerprint density at radius 1 is 0.917 bits per heavy atom. The summed E-state index contributed by atoms with van der Waals surface area (Å²) in [6.45, 7) is 9.21. The number of benzene rings is 2. The predicted octanol–water partition coefficient (Wildman–Crippen LogP) is 5.60. The lowest BCUT2D eigenvalue weighted by Gasteiger charge is -2.23. The first-order valence-corrected chi connectivity index (χ1v) is 8.59. The molecule has 0 aromatic heterocycles. The number of carbonyl (C=O) groups excluding carboxylic acids is 1. The van der Waals surface area contributed by atoms with Crippen LogP contribution in [0.15, 0.2) is 48.5 Å². The molecule has 128 valence electrons. The Bertz CT molecular complexity index is 651. The number of hydrogen-bond acceptors (Lipinski definition) is 1. The number of nitrogens with one attached hydrogen (secondary N) is 1. The van der Waals surface area contributed by atoms with E-state index in [0.29, 0.717) is 18.4 Å². The summed E-state index contributed by atoms with van der Waals surface area (Å²) < 4.78 is 0. The van der Waals surface area contributed by atoms with E-state index in [0.717, 1.165) is 11.3 Å². The van der Waals surface area contributed by atoms with E-state index in [1.165, 1.54) is 11.1 Å². The molecular formula is C21H28N2O. The summed E-state index contributed by atoms with van der Waals surface area (Å²) in [5, 5.41) is 3.15. The molecule has 0 radical (unpaired) electrons. The van der Waals surface area contributed by atoms with Crippen molar-refractivity contribution in [3.63, 3.8) is 0 Å². The van der Waals surface area contributed by atoms with Gasteiger partial charge >= 0.3 is 6.03 Å². The summed E-state index contributed by atoms with van der Waals surface area (Å²) in [5.41, 5.74) is 4.45. The molecule has 2 aromatic rings. The zero-order chi connectivity index (χ0) is 17.7. The van der Waals surface area contributed by atoms with Crippen LogP contribution in [0.2, 0.25) is 0 Å². The minimum absolute atomic E-state index is 0.0751. The molecule has 0 fully saturated rings. The van der Waals surface area contributed by atoms with Gasteiger partial charge in [0.25, 0.3) is 0 Å². The van der Waals surface area contributed by atoms with Crippen molar-refractivity contribution in [2.24, 2.45) is 0 Å². The molecule has 0 heterocycles. The van der Waals surface area contributed by atoms with Gasteiger partial charge in [0.2, 0.25) is 0 Å². The Morgan fingerprint density at radius 2 is 1.46 bits per heavy atom. The summed E-state index contributed by atoms with van der Waals surface area (Å²) >= 11 is 0. The van der Waals surface area contributed by atoms with Crippen LogP contribution in [0.25, 0.3) is 0 Å². The van der Waals surface area contributed by atoms with E-state index >= 15 is 0 Å². The second-order valence-electron chi connectivity index (χ2n) is 6.89. The van der Waals surface area contributed by atoms with Gasteiger partial charge in [0, 0.05) is 19.3 Å². The number of hydrogen-bond donors (Lipinski definition) is 1. The van der Waals surface area contributed by atoms with E-state index in [2.05, 4.69) is 51.2 Å². The quantitative estimate of drug-likeness (QED) is 0.763. The lowest BCUT2D eigenvalue weighted by atomic mass is 9.93. The molecule has 0 saturated carbocycles. The molecule has 0 aliphatic carbocycles. The highest BCUT2D eigenvalue weighted by Crippen LogP contribution is 2.32. The van der Waals surface area contributed by atoms with Gasteiger partial charge in [-0.15, -0.1) is 0 Å². The Balaban J connectivity index is 2.21. The normalized spacial score (nSPS) is 11.0. The van der Waals surface area contributed by atoms with Crippen molar-refractivity contribution in [3.8, 4) is 0 Å². The third kappa shape index (κ3) is 4.38. The number of anilines is 1. The summed E-state index contributed by atoms with van der Waals surface area (Å²) in [6.07, 6.45) is 0. The second kappa shape index (κ2) is 8.00. The predicted molar refractivity (Wildman–Crippen MR) is 102 cm³/mol. The minimum atomic E-state index is -0.0751. The number of nitrogens with zero attached hydrogens (tertiary/aromatic N) is 1. The highest BCUT2D eigenvalue weighted by atomic mass is 16.2. The molecule has 0 atom stereocenters. The Kier molecular flexibility index (Phi) is 6.02. The van der Waals surface area contributed by atoms with Gasteiger partial charge in [-0.2, -0.15) is 0 Å². The van der Waals surface area contributed by atoms with Crippen LogP contribution in [0.1, 0.15) is 56.2 Å². The maximum Gasteiger partial charge on any atom is 0.321 e. The number of para-hydroxylation sites is 1. The summed E-state index contributed by atoms with van der Waals surface area (Å²) in [6, 6.07) is 16.2. The Hall–Kier alpha value is -2.29. The molecule has 0 spiro atoms. The fourth-order valence-corrected chi connectivity index (χ4v) is 2.83. The highest BCUT2D eigenvalue weighted by Gasteiger charge is 2.17. The average molecular weight is 324 g/mol. The number of urea groups is 1. The van der Waals surface area contributed by atoms with Crippen molar-refractivity contribution in [2.45, 2.75) is 46.1 Å². The van der Waals surface area contributed by atoms with Crippen LogP contribution in [0, 0.1) is 0 Å². The zero-order valence-electron chi connectivity index (χ0n) is 15.3. The van der Waals surface area contributed by atoms with Gasteiger partial charge in [0.15, 0.2) is 0 Å². The molecule has 2 aromatic carbocycles. The van der Waals surface area contributed by atoms with E-state index in [1.54, 1.807) is 4.90 Å². The SMILES string of the molecule is CC(C)c1cccc(C(C)C)c1NC(=O)N(C)Cc1ccccc1. The van der Waals surface area contributed by atoms with Crippen molar-refractivity contribution >= 4 is 11.7 Å². The minimum Gasteiger partial charge on any atom is -0.323 e. The first kappa shape index (κ1) is 18.1. The van der Waals surface area contributed by atoms with Crippen LogP contribution in [-0.4, -0.2) is 18.0 Å². The molecule has 0 saturated heterocycles.